The molecule has 2 aromatic carbocycles. The van der Waals surface area contributed by atoms with Gasteiger partial charge < -0.3 is 15.8 Å². The molecule has 4 heterocycles. The zero-order chi connectivity index (χ0) is 29.4. The summed E-state index contributed by atoms with van der Waals surface area (Å²) < 4.78 is 22.5. The molecule has 0 saturated carbocycles. The molecule has 0 bridgehead atoms. The Morgan fingerprint density at radius 3 is 2.64 bits per heavy atom. The summed E-state index contributed by atoms with van der Waals surface area (Å²) in [7, 11) is 0. The number of aromatic nitrogens is 6. The lowest BCUT2D eigenvalue weighted by molar-refractivity contribution is 0.101. The van der Waals surface area contributed by atoms with E-state index in [9.17, 15) is 14.0 Å². The molecule has 1 unspecified atom stereocenters. The van der Waals surface area contributed by atoms with E-state index in [1.165, 1.54) is 30.6 Å². The van der Waals surface area contributed by atoms with Crippen molar-refractivity contribution in [1.82, 2.24) is 29.5 Å². The number of nitrogens with two attached hydrogens (primary N) is 1. The highest BCUT2D eigenvalue weighted by Crippen LogP contribution is 2.36. The van der Waals surface area contributed by atoms with Crippen molar-refractivity contribution in [2.75, 3.05) is 24.3 Å². The minimum Gasteiger partial charge on any atom is -0.383 e. The van der Waals surface area contributed by atoms with Gasteiger partial charge >= 0.3 is 0 Å². The maximum Gasteiger partial charge on any atom is 0.280 e. The first-order valence-electron chi connectivity index (χ1n) is 13.6. The fourth-order valence-electron chi connectivity index (χ4n) is 5.12. The highest BCUT2D eigenvalue weighted by atomic mass is 19.1. The van der Waals surface area contributed by atoms with E-state index >= 15 is 0 Å². The molecule has 1 aliphatic rings. The van der Waals surface area contributed by atoms with E-state index in [-0.39, 0.29) is 29.0 Å². The standard InChI is InChI=1S/C30H29FN8O3/c1-17(2)13-38-14-22(18-7-9-19(31)10-8-18)27(40)26(36-38)30(41)35-23-6-4-3-5-21(23)25-24-28(32)33-16-34-29(24)39(37-25)20-11-12-42-15-20/h3-10,14,16-17,20H,11-13,15H2,1-2H3,(H,35,41)(H2,32,33,34). The molecule has 214 valence electrons. The number of amides is 1. The van der Waals surface area contributed by atoms with Crippen LogP contribution in [0.2, 0.25) is 0 Å². The summed E-state index contributed by atoms with van der Waals surface area (Å²) in [6.07, 6.45) is 3.76. The minimum absolute atomic E-state index is 0.0184. The molecule has 3 aromatic heterocycles. The Morgan fingerprint density at radius 1 is 1.12 bits per heavy atom. The van der Waals surface area contributed by atoms with Crippen molar-refractivity contribution >= 4 is 28.4 Å². The summed E-state index contributed by atoms with van der Waals surface area (Å²) in [5, 5.41) is 12.7. The first kappa shape index (κ1) is 27.2. The van der Waals surface area contributed by atoms with E-state index in [0.29, 0.717) is 53.3 Å². The number of para-hydroxylation sites is 1. The van der Waals surface area contributed by atoms with Crippen molar-refractivity contribution in [2.45, 2.75) is 32.9 Å². The van der Waals surface area contributed by atoms with Gasteiger partial charge in [0.2, 0.25) is 5.43 Å². The van der Waals surface area contributed by atoms with Gasteiger partial charge in [-0.05, 0) is 36.1 Å². The molecule has 1 aliphatic heterocycles. The summed E-state index contributed by atoms with van der Waals surface area (Å²) in [5.74, 6) is -0.664. The zero-order valence-corrected chi connectivity index (χ0v) is 23.1. The number of ether oxygens (including phenoxy) is 1. The van der Waals surface area contributed by atoms with Crippen LogP contribution >= 0.6 is 0 Å². The van der Waals surface area contributed by atoms with Crippen molar-refractivity contribution in [2.24, 2.45) is 5.92 Å². The summed E-state index contributed by atoms with van der Waals surface area (Å²) in [6, 6.07) is 12.6. The summed E-state index contributed by atoms with van der Waals surface area (Å²) in [6.45, 7) is 5.59. The lowest BCUT2D eigenvalue weighted by Gasteiger charge is -2.14. The van der Waals surface area contributed by atoms with E-state index in [1.807, 2.05) is 19.9 Å². The van der Waals surface area contributed by atoms with Gasteiger partial charge in [-0.1, -0.05) is 44.2 Å². The Kier molecular flexibility index (Phi) is 7.21. The Labute approximate surface area is 240 Å². The number of fused-ring (bicyclic) bond motifs is 1. The molecular formula is C30H29FN8O3. The molecule has 3 N–H and O–H groups in total. The highest BCUT2D eigenvalue weighted by molar-refractivity contribution is 6.07. The average molecular weight is 569 g/mol. The van der Waals surface area contributed by atoms with E-state index in [2.05, 4.69) is 20.4 Å². The van der Waals surface area contributed by atoms with Crippen LogP contribution < -0.4 is 16.5 Å². The number of benzene rings is 2. The SMILES string of the molecule is CC(C)Cn1cc(-c2ccc(F)cc2)c(=O)c(C(=O)Nc2ccccc2-c2nn(C3CCOC3)c3ncnc(N)c23)n1. The van der Waals surface area contributed by atoms with Gasteiger partial charge in [0.25, 0.3) is 5.91 Å². The predicted octanol–water partition coefficient (Wildman–Crippen LogP) is 4.31. The molecule has 6 rings (SSSR count). The number of nitrogens with zero attached hydrogens (tertiary/aromatic N) is 6. The largest absolute Gasteiger partial charge is 0.383 e. The summed E-state index contributed by atoms with van der Waals surface area (Å²) in [4.78, 5) is 35.9. The number of carbonyl (C=O) groups is 1. The van der Waals surface area contributed by atoms with Crippen molar-refractivity contribution in [3.8, 4) is 22.4 Å². The smallest absolute Gasteiger partial charge is 0.280 e. The fraction of sp³-hybridized carbons (Fsp3) is 0.267. The van der Waals surface area contributed by atoms with Crippen LogP contribution in [0.4, 0.5) is 15.9 Å². The molecule has 1 amide bonds. The molecule has 1 fully saturated rings. The number of hydrogen-bond acceptors (Lipinski definition) is 8. The van der Waals surface area contributed by atoms with Crippen LogP contribution in [-0.2, 0) is 11.3 Å². The summed E-state index contributed by atoms with van der Waals surface area (Å²) >= 11 is 0. The van der Waals surface area contributed by atoms with Gasteiger partial charge in [0.15, 0.2) is 11.3 Å². The predicted molar refractivity (Wildman–Crippen MR) is 156 cm³/mol. The molecular weight excluding hydrogens is 539 g/mol. The lowest BCUT2D eigenvalue weighted by atomic mass is 10.1. The third kappa shape index (κ3) is 5.12. The van der Waals surface area contributed by atoms with Gasteiger partial charge in [-0.25, -0.2) is 19.0 Å². The molecule has 0 spiro atoms. The number of anilines is 2. The lowest BCUT2D eigenvalue weighted by Crippen LogP contribution is -2.28. The monoisotopic (exact) mass is 568 g/mol. The van der Waals surface area contributed by atoms with Crippen LogP contribution in [0, 0.1) is 11.7 Å². The van der Waals surface area contributed by atoms with Crippen molar-refractivity contribution in [3.63, 3.8) is 0 Å². The quantitative estimate of drug-likeness (QED) is 0.296. The van der Waals surface area contributed by atoms with Gasteiger partial charge in [0, 0.05) is 30.5 Å². The molecule has 0 aliphatic carbocycles. The maximum atomic E-state index is 13.7. The van der Waals surface area contributed by atoms with E-state index in [0.717, 1.165) is 6.42 Å². The third-order valence-corrected chi connectivity index (χ3v) is 7.09. The van der Waals surface area contributed by atoms with Crippen LogP contribution in [0.1, 0.15) is 36.8 Å². The van der Waals surface area contributed by atoms with E-state index in [1.54, 1.807) is 33.8 Å². The molecule has 1 atom stereocenters. The van der Waals surface area contributed by atoms with E-state index in [4.69, 9.17) is 15.6 Å². The van der Waals surface area contributed by atoms with Crippen molar-refractivity contribution < 1.29 is 13.9 Å². The van der Waals surface area contributed by atoms with Crippen LogP contribution in [0.15, 0.2) is 65.8 Å². The molecule has 12 heteroatoms. The fourth-order valence-corrected chi connectivity index (χ4v) is 5.12. The van der Waals surface area contributed by atoms with Crippen LogP contribution in [-0.4, -0.2) is 48.6 Å². The number of nitrogen functional groups attached to an aromatic ring is 1. The number of carbonyl (C=O) groups excluding carboxylic acids is 1. The first-order chi connectivity index (χ1) is 20.3. The Hall–Kier alpha value is -4.97. The second-order valence-corrected chi connectivity index (χ2v) is 10.6. The average Bonchev–Trinajstić information content (AvgIpc) is 3.63. The van der Waals surface area contributed by atoms with Gasteiger partial charge in [0.1, 0.15) is 23.7 Å². The topological polar surface area (TPSA) is 143 Å². The van der Waals surface area contributed by atoms with Crippen molar-refractivity contribution in [3.05, 3.63) is 82.8 Å². The Balaban J connectivity index is 1.43. The second-order valence-electron chi connectivity index (χ2n) is 10.6. The highest BCUT2D eigenvalue weighted by Gasteiger charge is 2.27. The second kappa shape index (κ2) is 11.1. The molecule has 0 radical (unpaired) electrons. The van der Waals surface area contributed by atoms with Crippen LogP contribution in [0.5, 0.6) is 0 Å². The minimum atomic E-state index is -0.689. The molecule has 42 heavy (non-hydrogen) atoms. The summed E-state index contributed by atoms with van der Waals surface area (Å²) in [5.41, 5.74) is 8.24. The third-order valence-electron chi connectivity index (χ3n) is 7.09. The zero-order valence-electron chi connectivity index (χ0n) is 23.1. The maximum absolute atomic E-state index is 13.7. The van der Waals surface area contributed by atoms with Crippen LogP contribution in [0.25, 0.3) is 33.4 Å². The number of nitrogens with one attached hydrogen (secondary N) is 1. The van der Waals surface area contributed by atoms with Crippen LogP contribution in [0.3, 0.4) is 0 Å². The van der Waals surface area contributed by atoms with Gasteiger partial charge in [-0.2, -0.15) is 10.2 Å². The van der Waals surface area contributed by atoms with Gasteiger partial charge in [-0.3, -0.25) is 14.3 Å². The van der Waals surface area contributed by atoms with Gasteiger partial charge in [-0.15, -0.1) is 0 Å². The first-order valence-corrected chi connectivity index (χ1v) is 13.6. The number of halogens is 1. The Bertz CT molecular complexity index is 1840. The van der Waals surface area contributed by atoms with Gasteiger partial charge in [0.05, 0.1) is 23.7 Å². The normalized spacial score (nSPS) is 15.0. The van der Waals surface area contributed by atoms with E-state index < -0.39 is 17.2 Å². The molecule has 1 saturated heterocycles. The molecule has 5 aromatic rings. The molecule has 11 nitrogen and oxygen atoms in total. The van der Waals surface area contributed by atoms with Crippen molar-refractivity contribution in [1.29, 1.82) is 0 Å². The number of hydrogen-bond donors (Lipinski definition) is 2. The number of rotatable bonds is 7. The Morgan fingerprint density at radius 2 is 1.90 bits per heavy atom.